The summed E-state index contributed by atoms with van der Waals surface area (Å²) >= 11 is 0. The number of carbonyl (C=O) groups is 2. The predicted octanol–water partition coefficient (Wildman–Crippen LogP) is 2.46. The molecule has 1 aliphatic heterocycles. The minimum atomic E-state index is -0.111. The van der Waals surface area contributed by atoms with Crippen molar-refractivity contribution in [3.8, 4) is 0 Å². The van der Waals surface area contributed by atoms with Crippen molar-refractivity contribution < 1.29 is 9.59 Å². The number of aromatic nitrogens is 1. The lowest BCUT2D eigenvalue weighted by molar-refractivity contribution is -0.121. The predicted molar refractivity (Wildman–Crippen MR) is 97.1 cm³/mol. The van der Waals surface area contributed by atoms with Gasteiger partial charge in [-0.15, -0.1) is 0 Å². The maximum atomic E-state index is 12.6. The van der Waals surface area contributed by atoms with Crippen LogP contribution < -0.4 is 11.1 Å². The molecule has 2 heterocycles. The van der Waals surface area contributed by atoms with E-state index in [-0.39, 0.29) is 17.7 Å². The molecule has 0 atom stereocenters. The number of hydrogen-bond donors (Lipinski definition) is 2. The number of carbonyl (C=O) groups excluding carboxylic acids is 2. The molecule has 2 amide bonds. The van der Waals surface area contributed by atoms with E-state index in [0.717, 1.165) is 5.56 Å². The van der Waals surface area contributed by atoms with Gasteiger partial charge >= 0.3 is 0 Å². The second-order valence-electron chi connectivity index (χ2n) is 6.36. The lowest BCUT2D eigenvalue weighted by atomic mass is 9.95. The molecule has 0 spiro atoms. The van der Waals surface area contributed by atoms with E-state index in [1.165, 1.54) is 0 Å². The van der Waals surface area contributed by atoms with Gasteiger partial charge in [0.15, 0.2) is 0 Å². The summed E-state index contributed by atoms with van der Waals surface area (Å²) in [6.07, 6.45) is 2.99. The van der Waals surface area contributed by atoms with Crippen molar-refractivity contribution in [2.75, 3.05) is 24.1 Å². The zero-order chi connectivity index (χ0) is 17.8. The number of benzene rings is 1. The van der Waals surface area contributed by atoms with Gasteiger partial charge in [0.05, 0.1) is 5.56 Å². The van der Waals surface area contributed by atoms with Crippen LogP contribution in [-0.2, 0) is 4.79 Å². The molecule has 1 aromatic heterocycles. The Morgan fingerprint density at radius 1 is 1.16 bits per heavy atom. The average molecular weight is 338 g/mol. The summed E-state index contributed by atoms with van der Waals surface area (Å²) < 4.78 is 0. The third kappa shape index (κ3) is 3.96. The monoisotopic (exact) mass is 338 g/mol. The molecular formula is C19H22N4O2. The number of likely N-dealkylation sites (tertiary alicyclic amines) is 1. The molecule has 6 heteroatoms. The molecule has 0 aliphatic carbocycles. The zero-order valence-corrected chi connectivity index (χ0v) is 14.2. The molecule has 0 radical (unpaired) electrons. The molecule has 25 heavy (non-hydrogen) atoms. The fourth-order valence-electron chi connectivity index (χ4n) is 2.98. The Kier molecular flexibility index (Phi) is 4.97. The van der Waals surface area contributed by atoms with Gasteiger partial charge in [0.25, 0.3) is 5.91 Å². The van der Waals surface area contributed by atoms with Gasteiger partial charge in [-0.3, -0.25) is 9.59 Å². The summed E-state index contributed by atoms with van der Waals surface area (Å²) in [5.41, 5.74) is 7.93. The second kappa shape index (κ2) is 7.34. The first-order chi connectivity index (χ1) is 12.0. The van der Waals surface area contributed by atoms with Gasteiger partial charge in [-0.05, 0) is 43.5 Å². The number of para-hydroxylation sites is 1. The van der Waals surface area contributed by atoms with Crippen molar-refractivity contribution in [1.29, 1.82) is 0 Å². The van der Waals surface area contributed by atoms with Gasteiger partial charge in [-0.1, -0.05) is 18.2 Å². The first-order valence-corrected chi connectivity index (χ1v) is 8.42. The van der Waals surface area contributed by atoms with Gasteiger partial charge < -0.3 is 16.0 Å². The SMILES string of the molecule is Cc1ccc(NC(=O)C2CCN(C(=O)c3ccccc3N)CC2)nc1. The van der Waals surface area contributed by atoms with Crippen LogP contribution in [0, 0.1) is 12.8 Å². The zero-order valence-electron chi connectivity index (χ0n) is 14.2. The number of anilines is 2. The first kappa shape index (κ1) is 17.0. The van der Waals surface area contributed by atoms with Crippen LogP contribution >= 0.6 is 0 Å². The number of rotatable bonds is 3. The summed E-state index contributed by atoms with van der Waals surface area (Å²) in [7, 11) is 0. The molecule has 1 aliphatic rings. The molecule has 1 fully saturated rings. The second-order valence-corrected chi connectivity index (χ2v) is 6.36. The lowest BCUT2D eigenvalue weighted by Crippen LogP contribution is -2.41. The van der Waals surface area contributed by atoms with Gasteiger partial charge in [0.2, 0.25) is 5.91 Å². The number of amides is 2. The largest absolute Gasteiger partial charge is 0.398 e. The maximum absolute atomic E-state index is 12.6. The van der Waals surface area contributed by atoms with Crippen LogP contribution in [0.1, 0.15) is 28.8 Å². The third-order valence-electron chi connectivity index (χ3n) is 4.51. The normalized spacial score (nSPS) is 15.0. The van der Waals surface area contributed by atoms with E-state index in [2.05, 4.69) is 10.3 Å². The summed E-state index contributed by atoms with van der Waals surface area (Å²) in [6, 6.07) is 10.8. The van der Waals surface area contributed by atoms with E-state index in [9.17, 15) is 9.59 Å². The van der Waals surface area contributed by atoms with Crippen molar-refractivity contribution in [2.45, 2.75) is 19.8 Å². The Labute approximate surface area is 147 Å². The molecular weight excluding hydrogens is 316 g/mol. The topological polar surface area (TPSA) is 88.3 Å². The standard InChI is InChI=1S/C19H22N4O2/c1-13-6-7-17(21-12-13)22-18(24)14-8-10-23(11-9-14)19(25)15-4-2-3-5-16(15)20/h2-7,12,14H,8-11,20H2,1H3,(H,21,22,24). The highest BCUT2D eigenvalue weighted by Crippen LogP contribution is 2.22. The number of nitrogen functional groups attached to an aromatic ring is 1. The lowest BCUT2D eigenvalue weighted by Gasteiger charge is -2.31. The van der Waals surface area contributed by atoms with E-state index < -0.39 is 0 Å². The highest BCUT2D eigenvalue weighted by Gasteiger charge is 2.28. The number of hydrogen-bond acceptors (Lipinski definition) is 4. The van der Waals surface area contributed by atoms with Crippen molar-refractivity contribution in [2.24, 2.45) is 5.92 Å². The van der Waals surface area contributed by atoms with Gasteiger partial charge in [0, 0.05) is 30.9 Å². The Balaban J connectivity index is 1.56. The van der Waals surface area contributed by atoms with Crippen molar-refractivity contribution in [3.63, 3.8) is 0 Å². The average Bonchev–Trinajstić information content (AvgIpc) is 2.63. The molecule has 3 N–H and O–H groups in total. The summed E-state index contributed by atoms with van der Waals surface area (Å²) in [5, 5.41) is 2.85. The molecule has 1 saturated heterocycles. The number of nitrogens with one attached hydrogen (secondary N) is 1. The summed E-state index contributed by atoms with van der Waals surface area (Å²) in [5.74, 6) is 0.339. The van der Waals surface area contributed by atoms with Gasteiger partial charge in [-0.2, -0.15) is 0 Å². The number of nitrogens with zero attached hydrogens (tertiary/aromatic N) is 2. The van der Waals surface area contributed by atoms with Crippen LogP contribution in [0.5, 0.6) is 0 Å². The van der Waals surface area contributed by atoms with Gasteiger partial charge in [0.1, 0.15) is 5.82 Å². The Bertz CT molecular complexity index is 765. The fraction of sp³-hybridized carbons (Fsp3) is 0.316. The van der Waals surface area contributed by atoms with E-state index in [0.29, 0.717) is 43.0 Å². The number of pyridine rings is 1. The maximum Gasteiger partial charge on any atom is 0.255 e. The van der Waals surface area contributed by atoms with Crippen LogP contribution in [0.2, 0.25) is 0 Å². The molecule has 130 valence electrons. The van der Waals surface area contributed by atoms with E-state index >= 15 is 0 Å². The highest BCUT2D eigenvalue weighted by molar-refractivity contribution is 5.99. The number of aryl methyl sites for hydroxylation is 1. The molecule has 0 unspecified atom stereocenters. The van der Waals surface area contributed by atoms with E-state index in [1.807, 2.05) is 19.1 Å². The fourth-order valence-corrected chi connectivity index (χ4v) is 2.98. The Morgan fingerprint density at radius 2 is 1.88 bits per heavy atom. The summed E-state index contributed by atoms with van der Waals surface area (Å²) in [6.45, 7) is 3.05. The van der Waals surface area contributed by atoms with Crippen LogP contribution in [0.15, 0.2) is 42.6 Å². The van der Waals surface area contributed by atoms with Crippen LogP contribution in [0.25, 0.3) is 0 Å². The van der Waals surface area contributed by atoms with Gasteiger partial charge in [-0.25, -0.2) is 4.98 Å². The smallest absolute Gasteiger partial charge is 0.255 e. The minimum Gasteiger partial charge on any atom is -0.398 e. The summed E-state index contributed by atoms with van der Waals surface area (Å²) in [4.78, 5) is 30.9. The van der Waals surface area contributed by atoms with Crippen molar-refractivity contribution in [3.05, 3.63) is 53.7 Å². The van der Waals surface area contributed by atoms with E-state index in [4.69, 9.17) is 5.73 Å². The molecule has 3 rings (SSSR count). The number of nitrogens with two attached hydrogens (primary N) is 1. The van der Waals surface area contributed by atoms with E-state index in [1.54, 1.807) is 35.4 Å². The molecule has 0 bridgehead atoms. The van der Waals surface area contributed by atoms with Crippen LogP contribution in [0.3, 0.4) is 0 Å². The molecule has 0 saturated carbocycles. The number of piperidine rings is 1. The van der Waals surface area contributed by atoms with Crippen molar-refractivity contribution >= 4 is 23.3 Å². The first-order valence-electron chi connectivity index (χ1n) is 8.42. The van der Waals surface area contributed by atoms with Crippen molar-refractivity contribution in [1.82, 2.24) is 9.88 Å². The third-order valence-corrected chi connectivity index (χ3v) is 4.51. The molecule has 1 aromatic carbocycles. The molecule has 6 nitrogen and oxygen atoms in total. The Morgan fingerprint density at radius 3 is 2.52 bits per heavy atom. The quantitative estimate of drug-likeness (QED) is 0.842. The van der Waals surface area contributed by atoms with Crippen LogP contribution in [0.4, 0.5) is 11.5 Å². The van der Waals surface area contributed by atoms with Crippen LogP contribution in [-0.4, -0.2) is 34.8 Å². The highest BCUT2D eigenvalue weighted by atomic mass is 16.2. The Hall–Kier alpha value is -2.89. The minimum absolute atomic E-state index is 0.0392. The molecule has 2 aromatic rings.